The van der Waals surface area contributed by atoms with Crippen LogP contribution < -0.4 is 5.32 Å². The van der Waals surface area contributed by atoms with Gasteiger partial charge in [0.05, 0.1) is 10.5 Å². The fraction of sp³-hybridized carbons (Fsp3) is 0.941. The van der Waals surface area contributed by atoms with E-state index >= 15 is 0 Å². The van der Waals surface area contributed by atoms with Crippen LogP contribution in [0.1, 0.15) is 47.0 Å². The van der Waals surface area contributed by atoms with E-state index in [1.165, 1.54) is 12.8 Å². The normalized spacial score (nSPS) is 24.7. The predicted octanol–water partition coefficient (Wildman–Crippen LogP) is 1.67. The molecule has 7 heteroatoms. The Balaban J connectivity index is 2.01. The maximum absolute atomic E-state index is 12.2. The quantitative estimate of drug-likeness (QED) is 0.425. The first-order valence-electron chi connectivity index (χ1n) is 9.08. The highest BCUT2D eigenvalue weighted by Gasteiger charge is 2.43. The Labute approximate surface area is 147 Å². The monoisotopic (exact) mass is 359 g/mol. The van der Waals surface area contributed by atoms with Gasteiger partial charge in [-0.25, -0.2) is 8.42 Å². The van der Waals surface area contributed by atoms with Gasteiger partial charge in [0, 0.05) is 39.4 Å². The topological polar surface area (TPSA) is 71.0 Å². The standard InChI is InChI=1S/C17H33N3O3S/c1-5-18-15(19-13-17(7-8-17)9-11-23-6-2)20-10-12-24(21,22)16(3,4)14-20/h5-14H2,1-4H3,(H,18,19). The average molecular weight is 360 g/mol. The van der Waals surface area contributed by atoms with Gasteiger partial charge in [0.15, 0.2) is 15.8 Å². The summed E-state index contributed by atoms with van der Waals surface area (Å²) in [4.78, 5) is 6.94. The molecule has 0 aromatic carbocycles. The minimum atomic E-state index is -3.03. The molecule has 0 bridgehead atoms. The maximum Gasteiger partial charge on any atom is 0.194 e. The van der Waals surface area contributed by atoms with E-state index in [0.717, 1.165) is 38.7 Å². The molecule has 1 saturated heterocycles. The minimum absolute atomic E-state index is 0.194. The Morgan fingerprint density at radius 2 is 2.00 bits per heavy atom. The molecule has 1 heterocycles. The Kier molecular flexibility index (Phi) is 6.18. The summed E-state index contributed by atoms with van der Waals surface area (Å²) in [6.45, 7) is 11.8. The van der Waals surface area contributed by atoms with E-state index in [-0.39, 0.29) is 5.75 Å². The molecule has 0 radical (unpaired) electrons. The van der Waals surface area contributed by atoms with Gasteiger partial charge in [0.25, 0.3) is 0 Å². The fourth-order valence-electron chi connectivity index (χ4n) is 3.09. The van der Waals surface area contributed by atoms with Gasteiger partial charge in [-0.05, 0) is 52.4 Å². The van der Waals surface area contributed by atoms with Crippen molar-refractivity contribution in [2.24, 2.45) is 10.4 Å². The summed E-state index contributed by atoms with van der Waals surface area (Å²) in [5.74, 6) is 1.04. The van der Waals surface area contributed by atoms with Crippen LogP contribution in [0.5, 0.6) is 0 Å². The number of hydrogen-bond acceptors (Lipinski definition) is 4. The summed E-state index contributed by atoms with van der Waals surface area (Å²) in [6.07, 6.45) is 3.48. The van der Waals surface area contributed by atoms with Gasteiger partial charge in [0.2, 0.25) is 0 Å². The van der Waals surface area contributed by atoms with Crippen LogP contribution in [0, 0.1) is 5.41 Å². The summed E-state index contributed by atoms with van der Waals surface area (Å²) < 4.78 is 29.2. The Hall–Kier alpha value is -0.820. The summed E-state index contributed by atoms with van der Waals surface area (Å²) in [5, 5.41) is 3.33. The van der Waals surface area contributed by atoms with Crippen molar-refractivity contribution in [1.29, 1.82) is 0 Å². The van der Waals surface area contributed by atoms with Crippen LogP contribution in [-0.4, -0.2) is 69.2 Å². The van der Waals surface area contributed by atoms with Crippen LogP contribution in [0.25, 0.3) is 0 Å². The average Bonchev–Trinajstić information content (AvgIpc) is 3.27. The lowest BCUT2D eigenvalue weighted by Crippen LogP contribution is -2.57. The highest BCUT2D eigenvalue weighted by Crippen LogP contribution is 2.49. The predicted molar refractivity (Wildman–Crippen MR) is 98.2 cm³/mol. The molecule has 0 unspecified atom stereocenters. The molecule has 1 aliphatic heterocycles. The van der Waals surface area contributed by atoms with E-state index in [1.54, 1.807) is 0 Å². The number of aliphatic imine (C=N–C) groups is 1. The van der Waals surface area contributed by atoms with Crippen molar-refractivity contribution in [2.75, 3.05) is 45.1 Å². The van der Waals surface area contributed by atoms with Gasteiger partial charge in [-0.15, -0.1) is 0 Å². The molecule has 2 aliphatic rings. The van der Waals surface area contributed by atoms with Gasteiger partial charge in [-0.1, -0.05) is 0 Å². The van der Waals surface area contributed by atoms with Crippen molar-refractivity contribution in [3.63, 3.8) is 0 Å². The van der Waals surface area contributed by atoms with Gasteiger partial charge >= 0.3 is 0 Å². The first-order chi connectivity index (χ1) is 11.3. The Morgan fingerprint density at radius 1 is 1.29 bits per heavy atom. The lowest BCUT2D eigenvalue weighted by Gasteiger charge is -2.39. The van der Waals surface area contributed by atoms with E-state index in [9.17, 15) is 8.42 Å². The molecule has 1 saturated carbocycles. The lowest BCUT2D eigenvalue weighted by molar-refractivity contribution is 0.129. The van der Waals surface area contributed by atoms with Crippen molar-refractivity contribution < 1.29 is 13.2 Å². The highest BCUT2D eigenvalue weighted by atomic mass is 32.2. The van der Waals surface area contributed by atoms with Crippen LogP contribution in [-0.2, 0) is 14.6 Å². The fourth-order valence-corrected chi connectivity index (χ4v) is 4.46. The maximum atomic E-state index is 12.2. The number of hydrogen-bond donors (Lipinski definition) is 1. The largest absolute Gasteiger partial charge is 0.382 e. The molecular weight excluding hydrogens is 326 g/mol. The van der Waals surface area contributed by atoms with Crippen molar-refractivity contribution in [1.82, 2.24) is 10.2 Å². The molecular formula is C17H33N3O3S. The van der Waals surface area contributed by atoms with E-state index in [1.807, 2.05) is 27.7 Å². The zero-order valence-electron chi connectivity index (χ0n) is 15.6. The zero-order valence-corrected chi connectivity index (χ0v) is 16.4. The number of guanidine groups is 1. The van der Waals surface area contributed by atoms with Crippen LogP contribution in [0.4, 0.5) is 0 Å². The van der Waals surface area contributed by atoms with Crippen LogP contribution in [0.15, 0.2) is 4.99 Å². The summed E-state index contributed by atoms with van der Waals surface area (Å²) in [6, 6.07) is 0. The first-order valence-corrected chi connectivity index (χ1v) is 10.7. The Bertz CT molecular complexity index is 553. The highest BCUT2D eigenvalue weighted by molar-refractivity contribution is 7.92. The second kappa shape index (κ2) is 7.60. The smallest absolute Gasteiger partial charge is 0.194 e. The third-order valence-electron chi connectivity index (χ3n) is 5.18. The van der Waals surface area contributed by atoms with E-state index in [4.69, 9.17) is 9.73 Å². The molecule has 140 valence electrons. The number of nitrogens with zero attached hydrogens (tertiary/aromatic N) is 2. The molecule has 0 atom stereocenters. The molecule has 0 aromatic heterocycles. The third-order valence-corrected chi connectivity index (χ3v) is 7.71. The molecule has 0 spiro atoms. The van der Waals surface area contributed by atoms with Gasteiger partial charge < -0.3 is 15.0 Å². The molecule has 6 nitrogen and oxygen atoms in total. The summed E-state index contributed by atoms with van der Waals surface area (Å²) >= 11 is 0. The van der Waals surface area contributed by atoms with Crippen LogP contribution >= 0.6 is 0 Å². The summed E-state index contributed by atoms with van der Waals surface area (Å²) in [5.41, 5.74) is 0.299. The molecule has 24 heavy (non-hydrogen) atoms. The van der Waals surface area contributed by atoms with Crippen molar-refractivity contribution in [2.45, 2.75) is 51.7 Å². The second-order valence-electron chi connectivity index (χ2n) is 7.62. The van der Waals surface area contributed by atoms with Crippen molar-refractivity contribution in [3.8, 4) is 0 Å². The number of rotatable bonds is 7. The third kappa shape index (κ3) is 4.63. The molecule has 2 fully saturated rings. The zero-order chi connectivity index (χ0) is 17.8. The summed E-state index contributed by atoms with van der Waals surface area (Å²) in [7, 11) is -3.03. The van der Waals surface area contributed by atoms with Crippen molar-refractivity contribution in [3.05, 3.63) is 0 Å². The molecule has 1 aliphatic carbocycles. The number of nitrogens with one attached hydrogen (secondary N) is 1. The van der Waals surface area contributed by atoms with E-state index < -0.39 is 14.6 Å². The second-order valence-corrected chi connectivity index (χ2v) is 10.4. The van der Waals surface area contributed by atoms with Gasteiger partial charge in [-0.3, -0.25) is 4.99 Å². The first kappa shape index (κ1) is 19.5. The SMILES string of the molecule is CCNC(=NCC1(CCOCC)CC1)N1CCS(=O)(=O)C(C)(C)C1. The minimum Gasteiger partial charge on any atom is -0.382 e. The van der Waals surface area contributed by atoms with E-state index in [2.05, 4.69) is 10.2 Å². The van der Waals surface area contributed by atoms with Crippen molar-refractivity contribution >= 4 is 15.8 Å². The number of sulfone groups is 1. The van der Waals surface area contributed by atoms with Gasteiger partial charge in [0.1, 0.15) is 0 Å². The number of ether oxygens (including phenoxy) is 1. The molecule has 2 rings (SSSR count). The lowest BCUT2D eigenvalue weighted by atomic mass is 10.0. The molecule has 0 amide bonds. The van der Waals surface area contributed by atoms with E-state index in [0.29, 0.717) is 18.5 Å². The molecule has 0 aromatic rings. The van der Waals surface area contributed by atoms with Gasteiger partial charge in [-0.2, -0.15) is 0 Å². The molecule has 1 N–H and O–H groups in total. The Morgan fingerprint density at radius 3 is 2.54 bits per heavy atom. The van der Waals surface area contributed by atoms with Crippen LogP contribution in [0.3, 0.4) is 0 Å². The van der Waals surface area contributed by atoms with Crippen LogP contribution in [0.2, 0.25) is 0 Å².